The maximum Gasteiger partial charge on any atom is 0.343 e. The minimum atomic E-state index is -0.668. The molecular formula is C16H18FNO3. The molecule has 0 bridgehead atoms. The Morgan fingerprint density at radius 3 is 2.76 bits per heavy atom. The number of fused-ring (bicyclic) bond motifs is 1. The largest absolute Gasteiger partial charge is 0.462 e. The van der Waals surface area contributed by atoms with Crippen molar-refractivity contribution in [2.24, 2.45) is 0 Å². The number of unbranched alkanes of at least 4 members (excludes halogenated alkanes) is 1. The molecule has 21 heavy (non-hydrogen) atoms. The van der Waals surface area contributed by atoms with Gasteiger partial charge >= 0.3 is 5.97 Å². The van der Waals surface area contributed by atoms with Crippen LogP contribution in [0.15, 0.2) is 29.2 Å². The number of carbonyl (C=O) groups is 1. The molecule has 5 heteroatoms. The number of nitrogens with zero attached hydrogens (tertiary/aromatic N) is 1. The highest BCUT2D eigenvalue weighted by molar-refractivity contribution is 5.93. The summed E-state index contributed by atoms with van der Waals surface area (Å²) in [4.78, 5) is 24.2. The number of hydrogen-bond acceptors (Lipinski definition) is 3. The third-order valence-corrected chi connectivity index (χ3v) is 3.29. The van der Waals surface area contributed by atoms with Gasteiger partial charge in [-0.25, -0.2) is 9.18 Å². The number of halogens is 1. The number of carbonyl (C=O) groups excluding carboxylic acids is 1. The van der Waals surface area contributed by atoms with Gasteiger partial charge in [0.25, 0.3) is 0 Å². The lowest BCUT2D eigenvalue weighted by molar-refractivity contribution is 0.0524. The summed E-state index contributed by atoms with van der Waals surface area (Å²) in [6.07, 6.45) is 3.39. The zero-order chi connectivity index (χ0) is 15.4. The molecule has 0 radical (unpaired) electrons. The van der Waals surface area contributed by atoms with Crippen molar-refractivity contribution in [2.45, 2.75) is 33.2 Å². The van der Waals surface area contributed by atoms with Gasteiger partial charge in [0.2, 0.25) is 5.43 Å². The van der Waals surface area contributed by atoms with Gasteiger partial charge in [0, 0.05) is 18.1 Å². The summed E-state index contributed by atoms with van der Waals surface area (Å²) in [6, 6.07) is 4.05. The molecule has 0 aliphatic rings. The zero-order valence-corrected chi connectivity index (χ0v) is 12.2. The van der Waals surface area contributed by atoms with Gasteiger partial charge in [0.1, 0.15) is 11.4 Å². The summed E-state index contributed by atoms with van der Waals surface area (Å²) in [6.45, 7) is 4.57. The summed E-state index contributed by atoms with van der Waals surface area (Å²) in [5, 5.41) is 0.205. The summed E-state index contributed by atoms with van der Waals surface area (Å²) >= 11 is 0. The Balaban J connectivity index is 2.67. The number of benzene rings is 1. The van der Waals surface area contributed by atoms with Crippen LogP contribution in [0.2, 0.25) is 0 Å². The van der Waals surface area contributed by atoms with Crippen molar-refractivity contribution in [3.05, 3.63) is 46.0 Å². The lowest BCUT2D eigenvalue weighted by Gasteiger charge is -2.12. The van der Waals surface area contributed by atoms with Gasteiger partial charge in [-0.2, -0.15) is 0 Å². The molecule has 0 spiro atoms. The molecule has 2 aromatic rings. The number of hydrogen-bond donors (Lipinski definition) is 0. The summed E-state index contributed by atoms with van der Waals surface area (Å²) < 4.78 is 20.1. The average Bonchev–Trinajstić information content (AvgIpc) is 2.47. The van der Waals surface area contributed by atoms with Crippen molar-refractivity contribution < 1.29 is 13.9 Å². The fourth-order valence-corrected chi connectivity index (χ4v) is 2.24. The van der Waals surface area contributed by atoms with Crippen molar-refractivity contribution in [1.29, 1.82) is 0 Å². The van der Waals surface area contributed by atoms with Crippen LogP contribution in [-0.4, -0.2) is 17.1 Å². The topological polar surface area (TPSA) is 48.3 Å². The molecule has 0 aliphatic carbocycles. The van der Waals surface area contributed by atoms with Gasteiger partial charge in [0.05, 0.1) is 12.1 Å². The predicted octanol–water partition coefficient (Wildman–Crippen LogP) is 3.12. The van der Waals surface area contributed by atoms with Crippen LogP contribution in [0, 0.1) is 5.82 Å². The molecule has 1 aromatic carbocycles. The van der Waals surface area contributed by atoms with E-state index in [1.807, 2.05) is 4.57 Å². The molecule has 1 aromatic heterocycles. The molecule has 2 rings (SSSR count). The molecule has 0 atom stereocenters. The van der Waals surface area contributed by atoms with Gasteiger partial charge in [-0.1, -0.05) is 13.3 Å². The molecule has 0 fully saturated rings. The van der Waals surface area contributed by atoms with Crippen LogP contribution in [-0.2, 0) is 11.3 Å². The first-order valence-corrected chi connectivity index (χ1v) is 7.08. The second-order valence-corrected chi connectivity index (χ2v) is 4.80. The molecule has 0 saturated heterocycles. The van der Waals surface area contributed by atoms with Crippen LogP contribution in [0.25, 0.3) is 10.9 Å². The minimum Gasteiger partial charge on any atom is -0.462 e. The van der Waals surface area contributed by atoms with E-state index >= 15 is 0 Å². The number of rotatable bonds is 5. The van der Waals surface area contributed by atoms with E-state index in [2.05, 4.69) is 6.92 Å². The van der Waals surface area contributed by atoms with E-state index < -0.39 is 17.2 Å². The second kappa shape index (κ2) is 6.52. The molecular weight excluding hydrogens is 273 g/mol. The number of aromatic nitrogens is 1. The normalized spacial score (nSPS) is 10.8. The molecule has 0 saturated carbocycles. The van der Waals surface area contributed by atoms with Gasteiger partial charge in [0.15, 0.2) is 0 Å². The second-order valence-electron chi connectivity index (χ2n) is 4.80. The van der Waals surface area contributed by atoms with Crippen molar-refractivity contribution >= 4 is 16.9 Å². The van der Waals surface area contributed by atoms with Crippen molar-refractivity contribution in [3.8, 4) is 0 Å². The van der Waals surface area contributed by atoms with E-state index in [0.29, 0.717) is 12.1 Å². The molecule has 0 amide bonds. The smallest absolute Gasteiger partial charge is 0.343 e. The van der Waals surface area contributed by atoms with Gasteiger partial charge in [-0.3, -0.25) is 4.79 Å². The van der Waals surface area contributed by atoms with Gasteiger partial charge in [-0.15, -0.1) is 0 Å². The first-order valence-electron chi connectivity index (χ1n) is 7.08. The van der Waals surface area contributed by atoms with Crippen molar-refractivity contribution in [1.82, 2.24) is 4.57 Å². The molecule has 0 N–H and O–H groups in total. The van der Waals surface area contributed by atoms with Crippen LogP contribution < -0.4 is 5.43 Å². The van der Waals surface area contributed by atoms with E-state index in [4.69, 9.17) is 4.74 Å². The van der Waals surface area contributed by atoms with Crippen LogP contribution in [0.3, 0.4) is 0 Å². The Morgan fingerprint density at radius 1 is 1.33 bits per heavy atom. The molecule has 1 heterocycles. The lowest BCUT2D eigenvalue weighted by atomic mass is 10.1. The van der Waals surface area contributed by atoms with Crippen molar-refractivity contribution in [3.63, 3.8) is 0 Å². The predicted molar refractivity (Wildman–Crippen MR) is 79.0 cm³/mol. The quantitative estimate of drug-likeness (QED) is 0.795. The lowest BCUT2D eigenvalue weighted by Crippen LogP contribution is -2.21. The maximum atomic E-state index is 13.4. The standard InChI is InChI=1S/C16H18FNO3/c1-3-5-8-18-10-13(16(20)21-4-2)15(19)12-9-11(17)6-7-14(12)18/h6-7,9-10H,3-5,8H2,1-2H3. The van der Waals surface area contributed by atoms with Crippen LogP contribution >= 0.6 is 0 Å². The number of esters is 1. The highest BCUT2D eigenvalue weighted by Gasteiger charge is 2.16. The summed E-state index contributed by atoms with van der Waals surface area (Å²) in [7, 11) is 0. The Morgan fingerprint density at radius 2 is 2.10 bits per heavy atom. The van der Waals surface area contributed by atoms with Crippen LogP contribution in [0.4, 0.5) is 4.39 Å². The monoisotopic (exact) mass is 291 g/mol. The molecule has 0 unspecified atom stereocenters. The average molecular weight is 291 g/mol. The molecule has 112 valence electrons. The first-order chi connectivity index (χ1) is 10.1. The van der Waals surface area contributed by atoms with E-state index in [-0.39, 0.29) is 17.6 Å². The summed E-state index contributed by atoms with van der Waals surface area (Å²) in [5.41, 5.74) is 0.0876. The Labute approximate surface area is 122 Å². The minimum absolute atomic E-state index is 0.0500. The van der Waals surface area contributed by atoms with Crippen molar-refractivity contribution in [2.75, 3.05) is 6.61 Å². The summed E-state index contributed by atoms with van der Waals surface area (Å²) in [5.74, 6) is -1.17. The Kier molecular flexibility index (Phi) is 4.73. The Hall–Kier alpha value is -2.17. The van der Waals surface area contributed by atoms with E-state index in [0.717, 1.165) is 12.8 Å². The number of ether oxygens (including phenoxy) is 1. The van der Waals surface area contributed by atoms with Gasteiger partial charge in [-0.05, 0) is 31.5 Å². The van der Waals surface area contributed by atoms with Crippen LogP contribution in [0.1, 0.15) is 37.0 Å². The van der Waals surface area contributed by atoms with Gasteiger partial charge < -0.3 is 9.30 Å². The third-order valence-electron chi connectivity index (χ3n) is 3.29. The fraction of sp³-hybridized carbons (Fsp3) is 0.375. The number of aryl methyl sites for hydroxylation is 1. The molecule has 4 nitrogen and oxygen atoms in total. The zero-order valence-electron chi connectivity index (χ0n) is 12.2. The van der Waals surface area contributed by atoms with E-state index in [1.54, 1.807) is 13.0 Å². The molecule has 0 aliphatic heterocycles. The fourth-order valence-electron chi connectivity index (χ4n) is 2.24. The highest BCUT2D eigenvalue weighted by Crippen LogP contribution is 2.15. The highest BCUT2D eigenvalue weighted by atomic mass is 19.1. The first kappa shape index (κ1) is 15.2. The Bertz CT molecular complexity index is 721. The van der Waals surface area contributed by atoms with E-state index in [9.17, 15) is 14.0 Å². The number of pyridine rings is 1. The third kappa shape index (κ3) is 3.12. The van der Waals surface area contributed by atoms with E-state index in [1.165, 1.54) is 18.3 Å². The van der Waals surface area contributed by atoms with Crippen LogP contribution in [0.5, 0.6) is 0 Å². The maximum absolute atomic E-state index is 13.4. The SMILES string of the molecule is CCCCn1cc(C(=O)OCC)c(=O)c2cc(F)ccc21.